The summed E-state index contributed by atoms with van der Waals surface area (Å²) < 4.78 is 26.9. The van der Waals surface area contributed by atoms with Gasteiger partial charge < -0.3 is 0 Å². The highest BCUT2D eigenvalue weighted by molar-refractivity contribution is 7.81. The summed E-state index contributed by atoms with van der Waals surface area (Å²) in [7, 11) is 0. The van der Waals surface area contributed by atoms with Crippen LogP contribution in [0.3, 0.4) is 0 Å². The van der Waals surface area contributed by atoms with E-state index in [1.165, 1.54) is 24.3 Å². The Morgan fingerprint density at radius 1 is 0.533 bits per heavy atom. The van der Waals surface area contributed by atoms with Gasteiger partial charge in [0.2, 0.25) is 0 Å². The molecule has 0 saturated carbocycles. The number of halogens is 2. The summed E-state index contributed by atoms with van der Waals surface area (Å²) in [5.41, 5.74) is 5.54. The third-order valence-corrected chi connectivity index (χ3v) is 5.79. The van der Waals surface area contributed by atoms with Crippen LogP contribution < -0.4 is 0 Å². The highest BCUT2D eigenvalue weighted by atomic mass is 32.1. The van der Waals surface area contributed by atoms with Crippen molar-refractivity contribution in [3.8, 4) is 22.3 Å². The molecule has 0 atom stereocenters. The number of fused-ring (bicyclic) bond motifs is 2. The standard InChI is InChI=1S/C26H14F2OS/c27-17-11-7-15(8-12-17)19-3-1-5-21-23(19)26(30)24-20(4-2-6-22(24)25(21)29)16-9-13-18(28)14-10-16/h1-14H. The molecule has 0 aliphatic heterocycles. The first kappa shape index (κ1) is 18.5. The van der Waals surface area contributed by atoms with E-state index in [2.05, 4.69) is 0 Å². The molecular weight excluding hydrogens is 398 g/mol. The van der Waals surface area contributed by atoms with Crippen molar-refractivity contribution in [1.82, 2.24) is 0 Å². The fourth-order valence-corrected chi connectivity index (χ4v) is 4.42. The van der Waals surface area contributed by atoms with Crippen molar-refractivity contribution in [2.45, 2.75) is 0 Å². The minimum atomic E-state index is -0.328. The van der Waals surface area contributed by atoms with E-state index in [0.29, 0.717) is 27.1 Å². The molecule has 5 rings (SSSR count). The number of carbonyl (C=O) groups excluding carboxylic acids is 1. The van der Waals surface area contributed by atoms with Gasteiger partial charge in [0.05, 0.1) is 4.86 Å². The lowest BCUT2D eigenvalue weighted by molar-refractivity contribution is 0.103. The summed E-state index contributed by atoms with van der Waals surface area (Å²) in [5.74, 6) is -0.765. The maximum absolute atomic E-state index is 13.4. The van der Waals surface area contributed by atoms with Crippen LogP contribution in [0, 0.1) is 11.6 Å². The Morgan fingerprint density at radius 2 is 0.900 bits per heavy atom. The minimum Gasteiger partial charge on any atom is -0.289 e. The van der Waals surface area contributed by atoms with Gasteiger partial charge in [-0.2, -0.15) is 0 Å². The second-order valence-corrected chi connectivity index (χ2v) is 7.54. The molecule has 0 aromatic heterocycles. The molecule has 0 N–H and O–H groups in total. The fraction of sp³-hybridized carbons (Fsp3) is 0. The number of hydrogen-bond donors (Lipinski definition) is 0. The molecule has 0 spiro atoms. The predicted molar refractivity (Wildman–Crippen MR) is 118 cm³/mol. The largest absolute Gasteiger partial charge is 0.289 e. The van der Waals surface area contributed by atoms with Crippen LogP contribution in [0.5, 0.6) is 0 Å². The van der Waals surface area contributed by atoms with Crippen molar-refractivity contribution in [2.75, 3.05) is 0 Å². The maximum Gasteiger partial charge on any atom is 0.194 e. The Bertz CT molecular complexity index is 1220. The second kappa shape index (κ2) is 7.08. The molecule has 0 unspecified atom stereocenters. The van der Waals surface area contributed by atoms with E-state index in [0.717, 1.165) is 22.3 Å². The molecule has 0 fully saturated rings. The van der Waals surface area contributed by atoms with E-state index >= 15 is 0 Å². The highest BCUT2D eigenvalue weighted by Crippen LogP contribution is 2.39. The van der Waals surface area contributed by atoms with Gasteiger partial charge in [0.1, 0.15) is 11.6 Å². The third-order valence-electron chi connectivity index (χ3n) is 5.38. The highest BCUT2D eigenvalue weighted by Gasteiger charge is 2.31. The molecule has 1 aliphatic rings. The van der Waals surface area contributed by atoms with Crippen LogP contribution in [-0.2, 0) is 0 Å². The van der Waals surface area contributed by atoms with Crippen molar-refractivity contribution in [1.29, 1.82) is 0 Å². The summed E-state index contributed by atoms with van der Waals surface area (Å²) in [5, 5.41) is 0. The smallest absolute Gasteiger partial charge is 0.194 e. The van der Waals surface area contributed by atoms with Gasteiger partial charge in [0, 0.05) is 22.3 Å². The lowest BCUT2D eigenvalue weighted by atomic mass is 9.78. The molecule has 0 amide bonds. The number of thiocarbonyl (C=S) groups is 1. The zero-order valence-electron chi connectivity index (χ0n) is 15.7. The molecule has 4 heteroatoms. The first-order valence-corrected chi connectivity index (χ1v) is 9.83. The molecule has 1 nitrogen and oxygen atoms in total. The van der Waals surface area contributed by atoms with E-state index in [4.69, 9.17) is 12.2 Å². The Balaban J connectivity index is 1.75. The van der Waals surface area contributed by atoms with E-state index in [1.807, 2.05) is 24.3 Å². The summed E-state index contributed by atoms with van der Waals surface area (Å²) in [6.07, 6.45) is 0. The average molecular weight is 412 g/mol. The Kier molecular flexibility index (Phi) is 4.37. The first-order valence-electron chi connectivity index (χ1n) is 9.42. The van der Waals surface area contributed by atoms with Crippen LogP contribution >= 0.6 is 12.2 Å². The SMILES string of the molecule is O=C1c2cccc(-c3ccc(F)cc3)c2C(=S)c2c1cccc2-c1ccc(F)cc1. The Labute approximate surface area is 177 Å². The summed E-state index contributed by atoms with van der Waals surface area (Å²) in [6.45, 7) is 0. The van der Waals surface area contributed by atoms with E-state index in [1.54, 1.807) is 36.4 Å². The molecular formula is C26H14F2OS. The summed E-state index contributed by atoms with van der Waals surface area (Å²) in [6, 6.07) is 23.2. The van der Waals surface area contributed by atoms with Crippen molar-refractivity contribution in [3.05, 3.63) is 119 Å². The molecule has 0 heterocycles. The van der Waals surface area contributed by atoms with Crippen LogP contribution in [0.4, 0.5) is 8.78 Å². The van der Waals surface area contributed by atoms with Crippen LogP contribution in [-0.4, -0.2) is 10.6 Å². The van der Waals surface area contributed by atoms with Crippen molar-refractivity contribution >= 4 is 22.9 Å². The fourth-order valence-electron chi connectivity index (χ4n) is 3.98. The number of hydrogen-bond acceptors (Lipinski definition) is 2. The zero-order chi connectivity index (χ0) is 20.8. The topological polar surface area (TPSA) is 17.1 Å². The summed E-state index contributed by atoms with van der Waals surface area (Å²) in [4.78, 5) is 13.9. The van der Waals surface area contributed by atoms with Crippen LogP contribution in [0.2, 0.25) is 0 Å². The zero-order valence-corrected chi connectivity index (χ0v) is 16.5. The normalized spacial score (nSPS) is 12.5. The molecule has 0 radical (unpaired) electrons. The first-order chi connectivity index (χ1) is 14.5. The van der Waals surface area contributed by atoms with Gasteiger partial charge >= 0.3 is 0 Å². The monoisotopic (exact) mass is 412 g/mol. The average Bonchev–Trinajstić information content (AvgIpc) is 2.77. The Morgan fingerprint density at radius 3 is 1.30 bits per heavy atom. The van der Waals surface area contributed by atoms with Crippen LogP contribution in [0.1, 0.15) is 27.0 Å². The minimum absolute atomic E-state index is 0.110. The third kappa shape index (κ3) is 2.88. The van der Waals surface area contributed by atoms with Crippen LogP contribution in [0.25, 0.3) is 22.3 Å². The number of ketones is 1. The lowest BCUT2D eigenvalue weighted by Crippen LogP contribution is -2.22. The van der Waals surface area contributed by atoms with Gasteiger partial charge in [-0.15, -0.1) is 0 Å². The maximum atomic E-state index is 13.4. The van der Waals surface area contributed by atoms with Crippen molar-refractivity contribution in [3.63, 3.8) is 0 Å². The molecule has 144 valence electrons. The molecule has 4 aromatic carbocycles. The second-order valence-electron chi connectivity index (χ2n) is 7.13. The summed E-state index contributed by atoms with van der Waals surface area (Å²) >= 11 is 5.89. The lowest BCUT2D eigenvalue weighted by Gasteiger charge is -2.25. The molecule has 0 saturated heterocycles. The molecule has 0 bridgehead atoms. The van der Waals surface area contributed by atoms with Gasteiger partial charge in [0.15, 0.2) is 5.78 Å². The number of benzene rings is 4. The molecule has 1 aliphatic carbocycles. The van der Waals surface area contributed by atoms with Gasteiger partial charge in [-0.1, -0.05) is 72.9 Å². The van der Waals surface area contributed by atoms with Gasteiger partial charge in [-0.05, 0) is 46.5 Å². The molecule has 30 heavy (non-hydrogen) atoms. The Hall–Kier alpha value is -3.50. The predicted octanol–water partition coefficient (Wildman–Crippen LogP) is 6.61. The molecule has 4 aromatic rings. The van der Waals surface area contributed by atoms with E-state index in [9.17, 15) is 13.6 Å². The van der Waals surface area contributed by atoms with Crippen molar-refractivity contribution in [2.24, 2.45) is 0 Å². The van der Waals surface area contributed by atoms with Gasteiger partial charge in [-0.3, -0.25) is 4.79 Å². The quantitative estimate of drug-likeness (QED) is 0.304. The van der Waals surface area contributed by atoms with Crippen LogP contribution in [0.15, 0.2) is 84.9 Å². The van der Waals surface area contributed by atoms with Gasteiger partial charge in [0.25, 0.3) is 0 Å². The number of carbonyl (C=O) groups is 1. The van der Waals surface area contributed by atoms with Gasteiger partial charge in [-0.25, -0.2) is 8.78 Å². The van der Waals surface area contributed by atoms with E-state index < -0.39 is 0 Å². The van der Waals surface area contributed by atoms with Crippen molar-refractivity contribution < 1.29 is 13.6 Å². The van der Waals surface area contributed by atoms with E-state index in [-0.39, 0.29) is 17.4 Å². The number of rotatable bonds is 2.